The normalized spacial score (nSPS) is 12.5. The summed E-state index contributed by atoms with van der Waals surface area (Å²) in [5.74, 6) is -0.238. The third kappa shape index (κ3) is 2.56. The van der Waals surface area contributed by atoms with Crippen LogP contribution in [0.5, 0.6) is 0 Å². The van der Waals surface area contributed by atoms with E-state index in [2.05, 4.69) is 21.2 Å². The van der Waals surface area contributed by atoms with E-state index < -0.39 is 0 Å². The van der Waals surface area contributed by atoms with Crippen LogP contribution in [0.3, 0.4) is 0 Å². The van der Waals surface area contributed by atoms with Crippen molar-refractivity contribution in [1.29, 1.82) is 0 Å². The van der Waals surface area contributed by atoms with E-state index in [1.807, 2.05) is 11.4 Å². The number of nitrogens with one attached hydrogen (secondary N) is 1. The Kier molecular flexibility index (Phi) is 4.57. The summed E-state index contributed by atoms with van der Waals surface area (Å²) < 4.78 is 5.90. The number of hydrogen-bond donors (Lipinski definition) is 1. The summed E-state index contributed by atoms with van der Waals surface area (Å²) in [6.45, 7) is 2.20. The molecule has 0 amide bonds. The van der Waals surface area contributed by atoms with Crippen LogP contribution in [0.15, 0.2) is 15.9 Å². The predicted octanol–water partition coefficient (Wildman–Crippen LogP) is 2.33. The van der Waals surface area contributed by atoms with Gasteiger partial charge in [-0.2, -0.15) is 0 Å². The molecule has 0 bridgehead atoms. The number of esters is 1. The van der Waals surface area contributed by atoms with E-state index in [1.165, 1.54) is 11.3 Å². The van der Waals surface area contributed by atoms with Gasteiger partial charge in [-0.3, -0.25) is 0 Å². The molecule has 0 spiro atoms. The number of hydrogen-bond acceptors (Lipinski definition) is 4. The molecule has 1 atom stereocenters. The maximum atomic E-state index is 11.5. The highest BCUT2D eigenvalue weighted by molar-refractivity contribution is 9.10. The maximum absolute atomic E-state index is 11.5. The van der Waals surface area contributed by atoms with E-state index in [0.717, 1.165) is 9.35 Å². The van der Waals surface area contributed by atoms with E-state index in [4.69, 9.17) is 4.74 Å². The van der Waals surface area contributed by atoms with Crippen LogP contribution in [0.25, 0.3) is 0 Å². The summed E-state index contributed by atoms with van der Waals surface area (Å²) >= 11 is 4.92. The van der Waals surface area contributed by atoms with E-state index in [0.29, 0.717) is 6.61 Å². The molecule has 0 fully saturated rings. The maximum Gasteiger partial charge on any atom is 0.328 e. The lowest BCUT2D eigenvalue weighted by Gasteiger charge is -2.13. The van der Waals surface area contributed by atoms with Crippen molar-refractivity contribution in [1.82, 2.24) is 5.32 Å². The number of carbonyl (C=O) groups is 1. The first kappa shape index (κ1) is 11.7. The monoisotopic (exact) mass is 277 g/mol. The van der Waals surface area contributed by atoms with Crippen molar-refractivity contribution >= 4 is 33.2 Å². The molecule has 14 heavy (non-hydrogen) atoms. The van der Waals surface area contributed by atoms with Gasteiger partial charge in [0.2, 0.25) is 0 Å². The second-order valence-corrected chi connectivity index (χ2v) is 4.41. The Bertz CT molecular complexity index is 314. The van der Waals surface area contributed by atoms with Crippen molar-refractivity contribution < 1.29 is 9.53 Å². The summed E-state index contributed by atoms with van der Waals surface area (Å²) in [5, 5.41) is 4.87. The average Bonchev–Trinajstić information content (AvgIpc) is 2.54. The zero-order chi connectivity index (χ0) is 10.6. The fourth-order valence-corrected chi connectivity index (χ4v) is 2.79. The molecule has 0 radical (unpaired) electrons. The van der Waals surface area contributed by atoms with Gasteiger partial charge in [-0.1, -0.05) is 0 Å². The molecule has 0 aliphatic carbocycles. The van der Waals surface area contributed by atoms with Crippen LogP contribution in [-0.4, -0.2) is 19.6 Å². The van der Waals surface area contributed by atoms with Gasteiger partial charge in [0, 0.05) is 9.35 Å². The zero-order valence-corrected chi connectivity index (χ0v) is 10.4. The van der Waals surface area contributed by atoms with Gasteiger partial charge in [-0.25, -0.2) is 4.79 Å². The molecular formula is C9H12BrNO2S. The molecule has 1 aromatic rings. The molecule has 1 rings (SSSR count). The van der Waals surface area contributed by atoms with Crippen molar-refractivity contribution in [2.45, 2.75) is 13.0 Å². The highest BCUT2D eigenvalue weighted by Gasteiger charge is 2.23. The quantitative estimate of drug-likeness (QED) is 0.859. The van der Waals surface area contributed by atoms with Gasteiger partial charge in [-0.15, -0.1) is 11.3 Å². The van der Waals surface area contributed by atoms with Gasteiger partial charge in [0.25, 0.3) is 0 Å². The highest BCUT2D eigenvalue weighted by Crippen LogP contribution is 2.29. The Balaban J connectivity index is 2.82. The third-order valence-electron chi connectivity index (χ3n) is 1.72. The lowest BCUT2D eigenvalue weighted by Crippen LogP contribution is -2.26. The Hall–Kier alpha value is -0.390. The van der Waals surface area contributed by atoms with Crippen LogP contribution < -0.4 is 5.32 Å². The molecule has 1 unspecified atom stereocenters. The second-order valence-electron chi connectivity index (χ2n) is 2.61. The number of thiophene rings is 1. The molecule has 0 aromatic carbocycles. The predicted molar refractivity (Wildman–Crippen MR) is 60.5 cm³/mol. The summed E-state index contributed by atoms with van der Waals surface area (Å²) in [5.41, 5.74) is 0. The molecule has 5 heteroatoms. The van der Waals surface area contributed by atoms with E-state index >= 15 is 0 Å². The van der Waals surface area contributed by atoms with Gasteiger partial charge >= 0.3 is 5.97 Å². The smallest absolute Gasteiger partial charge is 0.328 e. The van der Waals surface area contributed by atoms with E-state index in [1.54, 1.807) is 14.0 Å². The first-order valence-corrected chi connectivity index (χ1v) is 5.94. The fraction of sp³-hybridized carbons (Fsp3) is 0.444. The number of likely N-dealkylation sites (N-methyl/N-ethyl adjacent to an activating group) is 1. The number of carbonyl (C=O) groups excluding carboxylic acids is 1. The van der Waals surface area contributed by atoms with Gasteiger partial charge in [-0.05, 0) is 41.3 Å². The van der Waals surface area contributed by atoms with Crippen molar-refractivity contribution in [2.75, 3.05) is 13.7 Å². The van der Waals surface area contributed by atoms with Crippen LogP contribution in [0.1, 0.15) is 17.8 Å². The molecule has 0 aliphatic heterocycles. The zero-order valence-electron chi connectivity index (χ0n) is 8.04. The lowest BCUT2D eigenvalue weighted by atomic mass is 10.2. The number of rotatable bonds is 4. The van der Waals surface area contributed by atoms with Gasteiger partial charge in [0.1, 0.15) is 6.04 Å². The minimum atomic E-state index is -0.371. The molecule has 1 heterocycles. The Morgan fingerprint density at radius 1 is 1.79 bits per heavy atom. The van der Waals surface area contributed by atoms with Crippen LogP contribution >= 0.6 is 27.3 Å². The fourth-order valence-electron chi connectivity index (χ4n) is 1.09. The topological polar surface area (TPSA) is 38.3 Å². The molecule has 3 nitrogen and oxygen atoms in total. The van der Waals surface area contributed by atoms with Crippen LogP contribution in [0.4, 0.5) is 0 Å². The minimum Gasteiger partial charge on any atom is -0.465 e. The average molecular weight is 278 g/mol. The van der Waals surface area contributed by atoms with Crippen LogP contribution in [-0.2, 0) is 9.53 Å². The van der Waals surface area contributed by atoms with E-state index in [9.17, 15) is 4.79 Å². The molecule has 1 aromatic heterocycles. The first-order valence-electron chi connectivity index (χ1n) is 4.27. The number of halogens is 1. The van der Waals surface area contributed by atoms with Gasteiger partial charge < -0.3 is 10.1 Å². The third-order valence-corrected chi connectivity index (χ3v) is 3.65. The first-order chi connectivity index (χ1) is 6.70. The molecule has 0 saturated carbocycles. The Labute approximate surface area is 95.6 Å². The van der Waals surface area contributed by atoms with E-state index in [-0.39, 0.29) is 12.0 Å². The molecule has 0 saturated heterocycles. The van der Waals surface area contributed by atoms with Crippen molar-refractivity contribution in [3.8, 4) is 0 Å². The van der Waals surface area contributed by atoms with Crippen LogP contribution in [0, 0.1) is 0 Å². The number of ether oxygens (including phenoxy) is 1. The molecular weight excluding hydrogens is 266 g/mol. The Morgan fingerprint density at radius 3 is 2.93 bits per heavy atom. The van der Waals surface area contributed by atoms with Gasteiger partial charge in [0.05, 0.1) is 6.61 Å². The molecule has 78 valence electrons. The summed E-state index contributed by atoms with van der Waals surface area (Å²) in [4.78, 5) is 12.5. The van der Waals surface area contributed by atoms with Crippen LogP contribution in [0.2, 0.25) is 0 Å². The largest absolute Gasteiger partial charge is 0.465 e. The lowest BCUT2D eigenvalue weighted by molar-refractivity contribution is -0.145. The van der Waals surface area contributed by atoms with Crippen molar-refractivity contribution in [3.05, 3.63) is 20.8 Å². The summed E-state index contributed by atoms with van der Waals surface area (Å²) in [6, 6.07) is 1.55. The molecule has 1 N–H and O–H groups in total. The SMILES string of the molecule is CCOC(=O)C(NC)c1sccc1Br. The second kappa shape index (κ2) is 5.48. The standard InChI is InChI=1S/C9H12BrNO2S/c1-3-13-9(12)7(11-2)8-6(10)4-5-14-8/h4-5,7,11H,3H2,1-2H3. The summed E-state index contributed by atoms with van der Waals surface area (Å²) in [7, 11) is 1.74. The highest BCUT2D eigenvalue weighted by atomic mass is 79.9. The van der Waals surface area contributed by atoms with Crippen molar-refractivity contribution in [2.24, 2.45) is 0 Å². The van der Waals surface area contributed by atoms with Gasteiger partial charge in [0.15, 0.2) is 0 Å². The summed E-state index contributed by atoms with van der Waals surface area (Å²) in [6.07, 6.45) is 0. The van der Waals surface area contributed by atoms with Crippen molar-refractivity contribution in [3.63, 3.8) is 0 Å². The minimum absolute atomic E-state index is 0.238. The Morgan fingerprint density at radius 2 is 2.50 bits per heavy atom. The molecule has 0 aliphatic rings.